The number of aryl methyl sites for hydroxylation is 2. The van der Waals surface area contributed by atoms with Gasteiger partial charge in [-0.2, -0.15) is 0 Å². The van der Waals surface area contributed by atoms with Crippen LogP contribution in [0.1, 0.15) is 24.0 Å². The molecule has 0 saturated carbocycles. The molecule has 18 heavy (non-hydrogen) atoms. The Balaban J connectivity index is 1.90. The number of hydrogen-bond acceptors (Lipinski definition) is 2. The van der Waals surface area contributed by atoms with E-state index < -0.39 is 0 Å². The average molecular weight is 265 g/mol. The molecule has 0 aliphatic carbocycles. The minimum absolute atomic E-state index is 0.513. The number of piperidine rings is 1. The summed E-state index contributed by atoms with van der Waals surface area (Å²) in [6.45, 7) is 8.93. The van der Waals surface area contributed by atoms with Crippen molar-refractivity contribution in [3.63, 3.8) is 0 Å². The quantitative estimate of drug-likeness (QED) is 0.838. The van der Waals surface area contributed by atoms with Crippen LogP contribution in [0.3, 0.4) is 0 Å². The smallest absolute Gasteiger partial charge is 0.0644 e. The highest BCUT2D eigenvalue weighted by molar-refractivity contribution is 6.33. The maximum absolute atomic E-state index is 6.47. The molecule has 0 aromatic heterocycles. The number of nitrogens with zero attached hydrogens (tertiary/aromatic N) is 1. The Hall–Kier alpha value is -0.730. The van der Waals surface area contributed by atoms with Gasteiger partial charge in [0.05, 0.1) is 10.7 Å². The summed E-state index contributed by atoms with van der Waals surface area (Å²) >= 11 is 6.47. The molecule has 3 rings (SSSR count). The molecule has 1 aromatic rings. The second-order valence-corrected chi connectivity index (χ2v) is 6.45. The van der Waals surface area contributed by atoms with Crippen molar-refractivity contribution in [2.75, 3.05) is 31.1 Å². The van der Waals surface area contributed by atoms with Crippen LogP contribution in [0.15, 0.2) is 12.1 Å². The monoisotopic (exact) mass is 264 g/mol. The third kappa shape index (κ3) is 2.02. The zero-order valence-electron chi connectivity index (χ0n) is 11.2. The molecule has 98 valence electrons. The molecule has 1 N–H and O–H groups in total. The Labute approximate surface area is 114 Å². The molecule has 2 fully saturated rings. The lowest BCUT2D eigenvalue weighted by atomic mass is 9.74. The third-order valence-electron chi connectivity index (χ3n) is 4.38. The first-order valence-corrected chi connectivity index (χ1v) is 7.20. The minimum atomic E-state index is 0.513. The van der Waals surface area contributed by atoms with E-state index in [9.17, 15) is 0 Å². The lowest BCUT2D eigenvalue weighted by Gasteiger charge is -2.50. The highest BCUT2D eigenvalue weighted by Crippen LogP contribution is 2.39. The molecule has 2 aliphatic rings. The summed E-state index contributed by atoms with van der Waals surface area (Å²) in [5.74, 6) is 0. The Bertz CT molecular complexity index is 443. The van der Waals surface area contributed by atoms with E-state index in [1.807, 2.05) is 0 Å². The number of nitrogens with one attached hydrogen (secondary N) is 1. The van der Waals surface area contributed by atoms with E-state index in [1.165, 1.54) is 42.7 Å². The van der Waals surface area contributed by atoms with E-state index in [0.717, 1.165) is 18.1 Å². The van der Waals surface area contributed by atoms with E-state index in [2.05, 4.69) is 36.2 Å². The zero-order chi connectivity index (χ0) is 12.8. The van der Waals surface area contributed by atoms with Gasteiger partial charge in [-0.25, -0.2) is 0 Å². The Kier molecular flexibility index (Phi) is 3.03. The predicted octanol–water partition coefficient (Wildman–Crippen LogP) is 3.15. The van der Waals surface area contributed by atoms with Gasteiger partial charge in [0, 0.05) is 31.6 Å². The molecule has 0 bridgehead atoms. The van der Waals surface area contributed by atoms with Crippen molar-refractivity contribution in [2.24, 2.45) is 5.41 Å². The lowest BCUT2D eigenvalue weighted by Crippen LogP contribution is -2.61. The van der Waals surface area contributed by atoms with Crippen LogP contribution in [0.4, 0.5) is 5.69 Å². The van der Waals surface area contributed by atoms with Crippen molar-refractivity contribution in [3.05, 3.63) is 28.3 Å². The third-order valence-corrected chi connectivity index (χ3v) is 4.66. The van der Waals surface area contributed by atoms with Gasteiger partial charge in [0.25, 0.3) is 0 Å². The molecule has 3 heteroatoms. The van der Waals surface area contributed by atoms with Gasteiger partial charge >= 0.3 is 0 Å². The summed E-state index contributed by atoms with van der Waals surface area (Å²) in [5, 5.41) is 4.34. The van der Waals surface area contributed by atoms with Crippen molar-refractivity contribution >= 4 is 17.3 Å². The molecule has 0 radical (unpaired) electrons. The number of rotatable bonds is 1. The van der Waals surface area contributed by atoms with Crippen LogP contribution in [0.5, 0.6) is 0 Å². The van der Waals surface area contributed by atoms with Gasteiger partial charge in [0.1, 0.15) is 0 Å². The van der Waals surface area contributed by atoms with E-state index >= 15 is 0 Å². The number of halogens is 1. The molecular formula is C15H21ClN2. The normalized spacial score (nSPS) is 22.1. The highest BCUT2D eigenvalue weighted by atomic mass is 35.5. The first-order chi connectivity index (χ1) is 8.60. The van der Waals surface area contributed by atoms with Crippen molar-refractivity contribution < 1.29 is 0 Å². The van der Waals surface area contributed by atoms with E-state index in [4.69, 9.17) is 11.6 Å². The fourth-order valence-electron chi connectivity index (χ4n) is 3.47. The van der Waals surface area contributed by atoms with E-state index in [0.29, 0.717) is 5.41 Å². The zero-order valence-corrected chi connectivity index (χ0v) is 12.0. The molecule has 0 atom stereocenters. The summed E-state index contributed by atoms with van der Waals surface area (Å²) in [7, 11) is 0. The molecule has 0 unspecified atom stereocenters. The van der Waals surface area contributed by atoms with Gasteiger partial charge in [-0.05, 0) is 43.9 Å². The van der Waals surface area contributed by atoms with Crippen LogP contribution >= 0.6 is 11.6 Å². The molecular weight excluding hydrogens is 244 g/mol. The van der Waals surface area contributed by atoms with E-state index in [1.54, 1.807) is 0 Å². The standard InChI is InChI=1S/C15H21ClN2/c1-11-6-12(2)14(13(16)7-11)18-5-3-4-15(10-18)8-17-9-15/h6-7,17H,3-5,8-10H2,1-2H3. The summed E-state index contributed by atoms with van der Waals surface area (Å²) in [6, 6.07) is 4.33. The molecule has 2 saturated heterocycles. The highest BCUT2D eigenvalue weighted by Gasteiger charge is 2.41. The SMILES string of the molecule is Cc1cc(C)c(N2CCCC3(CNC3)C2)c(Cl)c1. The second-order valence-electron chi connectivity index (χ2n) is 6.04. The topological polar surface area (TPSA) is 15.3 Å². The Morgan fingerprint density at radius 3 is 2.67 bits per heavy atom. The molecule has 1 aromatic carbocycles. The summed E-state index contributed by atoms with van der Waals surface area (Å²) in [4.78, 5) is 2.50. The first kappa shape index (κ1) is 12.3. The molecule has 1 spiro atoms. The van der Waals surface area contributed by atoms with Crippen LogP contribution in [-0.4, -0.2) is 26.2 Å². The van der Waals surface area contributed by atoms with Gasteiger partial charge in [0.2, 0.25) is 0 Å². The average Bonchev–Trinajstić information content (AvgIpc) is 2.26. The van der Waals surface area contributed by atoms with Gasteiger partial charge < -0.3 is 10.2 Å². The van der Waals surface area contributed by atoms with Crippen molar-refractivity contribution in [3.8, 4) is 0 Å². The first-order valence-electron chi connectivity index (χ1n) is 6.82. The Morgan fingerprint density at radius 1 is 1.28 bits per heavy atom. The molecule has 0 amide bonds. The van der Waals surface area contributed by atoms with Crippen LogP contribution in [0.25, 0.3) is 0 Å². The fraction of sp³-hybridized carbons (Fsp3) is 0.600. The number of hydrogen-bond donors (Lipinski definition) is 1. The summed E-state index contributed by atoms with van der Waals surface area (Å²) < 4.78 is 0. The maximum Gasteiger partial charge on any atom is 0.0644 e. The van der Waals surface area contributed by atoms with Gasteiger partial charge in [0.15, 0.2) is 0 Å². The molecule has 2 aliphatic heterocycles. The summed E-state index contributed by atoms with van der Waals surface area (Å²) in [6.07, 6.45) is 2.64. The van der Waals surface area contributed by atoms with Crippen molar-refractivity contribution in [2.45, 2.75) is 26.7 Å². The minimum Gasteiger partial charge on any atom is -0.369 e. The largest absolute Gasteiger partial charge is 0.369 e. The number of anilines is 1. The molecule has 2 nitrogen and oxygen atoms in total. The van der Waals surface area contributed by atoms with Gasteiger partial charge in [-0.15, -0.1) is 0 Å². The van der Waals surface area contributed by atoms with Crippen LogP contribution in [-0.2, 0) is 0 Å². The maximum atomic E-state index is 6.47. The van der Waals surface area contributed by atoms with Crippen molar-refractivity contribution in [1.82, 2.24) is 5.32 Å². The van der Waals surface area contributed by atoms with Gasteiger partial charge in [-0.3, -0.25) is 0 Å². The lowest BCUT2D eigenvalue weighted by molar-refractivity contribution is 0.138. The van der Waals surface area contributed by atoms with Crippen LogP contribution < -0.4 is 10.2 Å². The predicted molar refractivity (Wildman–Crippen MR) is 77.7 cm³/mol. The second kappa shape index (κ2) is 4.43. The molecule has 2 heterocycles. The fourth-order valence-corrected chi connectivity index (χ4v) is 3.92. The van der Waals surface area contributed by atoms with Crippen LogP contribution in [0.2, 0.25) is 5.02 Å². The van der Waals surface area contributed by atoms with E-state index in [-0.39, 0.29) is 0 Å². The van der Waals surface area contributed by atoms with Gasteiger partial charge in [-0.1, -0.05) is 17.7 Å². The van der Waals surface area contributed by atoms with Crippen LogP contribution in [0, 0.1) is 19.3 Å². The number of benzene rings is 1. The summed E-state index contributed by atoms with van der Waals surface area (Å²) in [5.41, 5.74) is 4.33. The van der Waals surface area contributed by atoms with Crippen molar-refractivity contribution in [1.29, 1.82) is 0 Å². The Morgan fingerprint density at radius 2 is 2.06 bits per heavy atom.